The van der Waals surface area contributed by atoms with Crippen LogP contribution in [0.2, 0.25) is 0 Å². The van der Waals surface area contributed by atoms with Gasteiger partial charge >= 0.3 is 0 Å². The quantitative estimate of drug-likeness (QED) is 0.925. The first-order valence-electron chi connectivity index (χ1n) is 6.13. The number of hydrogen-bond acceptors (Lipinski definition) is 2. The van der Waals surface area contributed by atoms with Crippen LogP contribution in [0.15, 0.2) is 53.0 Å². The number of ether oxygens (including phenoxy) is 1. The van der Waals surface area contributed by atoms with E-state index in [0.29, 0.717) is 6.42 Å². The second-order valence-electron chi connectivity index (χ2n) is 4.77. The van der Waals surface area contributed by atoms with E-state index in [0.717, 1.165) is 21.3 Å². The number of benzene rings is 2. The minimum Gasteiger partial charge on any atom is -0.497 e. The van der Waals surface area contributed by atoms with Gasteiger partial charge in [-0.25, -0.2) is 0 Å². The first-order valence-corrected chi connectivity index (χ1v) is 6.92. The van der Waals surface area contributed by atoms with Crippen molar-refractivity contribution in [1.82, 2.24) is 0 Å². The summed E-state index contributed by atoms with van der Waals surface area (Å²) in [6.07, 6.45) is 0.556. The third-order valence-corrected chi connectivity index (χ3v) is 3.98. The molecule has 0 spiro atoms. The highest BCUT2D eigenvalue weighted by molar-refractivity contribution is 9.10. The molecule has 0 radical (unpaired) electrons. The fourth-order valence-corrected chi connectivity index (χ4v) is 2.49. The summed E-state index contributed by atoms with van der Waals surface area (Å²) in [5.41, 5.74) is 1.06. The Balaban J connectivity index is 2.24. The topological polar surface area (TPSA) is 29.5 Å². The normalized spacial score (nSPS) is 13.9. The molecule has 0 saturated carbocycles. The van der Waals surface area contributed by atoms with Gasteiger partial charge in [-0.2, -0.15) is 0 Å². The van der Waals surface area contributed by atoms with Crippen LogP contribution in [0.25, 0.3) is 0 Å². The first kappa shape index (κ1) is 14.1. The lowest BCUT2D eigenvalue weighted by Gasteiger charge is -2.24. The van der Waals surface area contributed by atoms with Crippen LogP contribution < -0.4 is 4.74 Å². The maximum absolute atomic E-state index is 10.7. The van der Waals surface area contributed by atoms with E-state index < -0.39 is 5.60 Å². The van der Waals surface area contributed by atoms with Crippen molar-refractivity contribution in [2.75, 3.05) is 7.11 Å². The summed E-state index contributed by atoms with van der Waals surface area (Å²) >= 11 is 3.51. The third kappa shape index (κ3) is 3.37. The van der Waals surface area contributed by atoms with E-state index in [-0.39, 0.29) is 0 Å². The standard InChI is InChI=1S/C16H17BrO2/c1-16(18,11-12-5-3-4-6-15(12)17)13-7-9-14(19-2)10-8-13/h3-10,18H,11H2,1-2H3. The van der Waals surface area contributed by atoms with E-state index in [1.807, 2.05) is 55.5 Å². The Labute approximate surface area is 122 Å². The zero-order chi connectivity index (χ0) is 13.9. The minimum atomic E-state index is -0.907. The van der Waals surface area contributed by atoms with Gasteiger partial charge in [0.15, 0.2) is 0 Å². The van der Waals surface area contributed by atoms with E-state index >= 15 is 0 Å². The van der Waals surface area contributed by atoms with Crippen molar-refractivity contribution in [2.24, 2.45) is 0 Å². The second-order valence-corrected chi connectivity index (χ2v) is 5.62. The fourth-order valence-electron chi connectivity index (χ4n) is 2.06. The largest absolute Gasteiger partial charge is 0.497 e. The zero-order valence-electron chi connectivity index (χ0n) is 11.1. The highest BCUT2D eigenvalue weighted by Gasteiger charge is 2.24. The summed E-state index contributed by atoms with van der Waals surface area (Å²) in [6.45, 7) is 1.83. The molecular formula is C16H17BrO2. The van der Waals surface area contributed by atoms with Crippen LogP contribution in [0.1, 0.15) is 18.1 Å². The van der Waals surface area contributed by atoms with E-state index in [1.165, 1.54) is 0 Å². The predicted octanol–water partition coefficient (Wildman–Crippen LogP) is 3.91. The molecule has 1 atom stereocenters. The molecule has 100 valence electrons. The number of methoxy groups -OCH3 is 1. The highest BCUT2D eigenvalue weighted by Crippen LogP contribution is 2.29. The van der Waals surface area contributed by atoms with Gasteiger partial charge in [-0.05, 0) is 36.2 Å². The van der Waals surface area contributed by atoms with Crippen LogP contribution in [0.5, 0.6) is 5.75 Å². The molecule has 19 heavy (non-hydrogen) atoms. The Bertz CT molecular complexity index is 547. The third-order valence-electron chi connectivity index (χ3n) is 3.20. The molecular weight excluding hydrogens is 304 g/mol. The molecule has 2 rings (SSSR count). The van der Waals surface area contributed by atoms with Crippen molar-refractivity contribution in [3.63, 3.8) is 0 Å². The summed E-state index contributed by atoms with van der Waals surface area (Å²) in [6, 6.07) is 15.5. The van der Waals surface area contributed by atoms with Crippen LogP contribution in [-0.4, -0.2) is 12.2 Å². The van der Waals surface area contributed by atoms with E-state index in [9.17, 15) is 5.11 Å². The van der Waals surface area contributed by atoms with Crippen molar-refractivity contribution in [3.05, 3.63) is 64.1 Å². The molecule has 3 heteroatoms. The molecule has 0 fully saturated rings. The summed E-state index contributed by atoms with van der Waals surface area (Å²) in [5, 5.41) is 10.7. The Hall–Kier alpha value is -1.32. The summed E-state index contributed by atoms with van der Waals surface area (Å²) < 4.78 is 6.15. The molecule has 0 heterocycles. The number of rotatable bonds is 4. The average molecular weight is 321 g/mol. The molecule has 0 aliphatic heterocycles. The highest BCUT2D eigenvalue weighted by atomic mass is 79.9. The Morgan fingerprint density at radius 2 is 1.74 bits per heavy atom. The van der Waals surface area contributed by atoms with Gasteiger partial charge in [0.05, 0.1) is 12.7 Å². The smallest absolute Gasteiger partial charge is 0.118 e. The van der Waals surface area contributed by atoms with Gasteiger partial charge in [0.1, 0.15) is 5.75 Å². The second kappa shape index (κ2) is 5.76. The number of halogens is 1. The fraction of sp³-hybridized carbons (Fsp3) is 0.250. The SMILES string of the molecule is COc1ccc(C(C)(O)Cc2ccccc2Br)cc1. The van der Waals surface area contributed by atoms with Crippen molar-refractivity contribution in [3.8, 4) is 5.75 Å². The van der Waals surface area contributed by atoms with E-state index in [2.05, 4.69) is 15.9 Å². The molecule has 0 aliphatic rings. The van der Waals surface area contributed by atoms with Crippen LogP contribution in [0.3, 0.4) is 0 Å². The monoisotopic (exact) mass is 320 g/mol. The van der Waals surface area contributed by atoms with Crippen LogP contribution >= 0.6 is 15.9 Å². The molecule has 0 amide bonds. The summed E-state index contributed by atoms with van der Waals surface area (Å²) in [7, 11) is 1.63. The molecule has 1 N–H and O–H groups in total. The molecule has 2 aromatic rings. The molecule has 1 unspecified atom stereocenters. The number of hydrogen-bond donors (Lipinski definition) is 1. The molecule has 0 aromatic heterocycles. The van der Waals surface area contributed by atoms with Gasteiger partial charge < -0.3 is 9.84 Å². The number of aliphatic hydroxyl groups is 1. The van der Waals surface area contributed by atoms with Crippen LogP contribution in [0, 0.1) is 0 Å². The van der Waals surface area contributed by atoms with Crippen molar-refractivity contribution in [1.29, 1.82) is 0 Å². The predicted molar refractivity (Wildman–Crippen MR) is 80.4 cm³/mol. The maximum Gasteiger partial charge on any atom is 0.118 e. The molecule has 0 saturated heterocycles. The van der Waals surface area contributed by atoms with Gasteiger partial charge in [0.2, 0.25) is 0 Å². The molecule has 2 nitrogen and oxygen atoms in total. The van der Waals surface area contributed by atoms with Gasteiger partial charge in [-0.15, -0.1) is 0 Å². The zero-order valence-corrected chi connectivity index (χ0v) is 12.6. The van der Waals surface area contributed by atoms with Crippen LogP contribution in [0.4, 0.5) is 0 Å². The summed E-state index contributed by atoms with van der Waals surface area (Å²) in [5.74, 6) is 0.792. The molecule has 0 aliphatic carbocycles. The van der Waals surface area contributed by atoms with Crippen molar-refractivity contribution >= 4 is 15.9 Å². The lowest BCUT2D eigenvalue weighted by Crippen LogP contribution is -2.24. The Kier molecular flexibility index (Phi) is 4.27. The summed E-state index contributed by atoms with van der Waals surface area (Å²) in [4.78, 5) is 0. The van der Waals surface area contributed by atoms with Gasteiger partial charge in [-0.1, -0.05) is 46.3 Å². The first-order chi connectivity index (χ1) is 9.03. The Morgan fingerprint density at radius 1 is 1.11 bits per heavy atom. The van der Waals surface area contributed by atoms with Crippen LogP contribution in [-0.2, 0) is 12.0 Å². The lowest BCUT2D eigenvalue weighted by molar-refractivity contribution is 0.0574. The minimum absolute atomic E-state index is 0.556. The molecule has 0 bridgehead atoms. The van der Waals surface area contributed by atoms with Gasteiger partial charge in [-0.3, -0.25) is 0 Å². The van der Waals surface area contributed by atoms with E-state index in [4.69, 9.17) is 4.74 Å². The lowest BCUT2D eigenvalue weighted by atomic mass is 9.89. The Morgan fingerprint density at radius 3 is 2.32 bits per heavy atom. The maximum atomic E-state index is 10.7. The van der Waals surface area contributed by atoms with Gasteiger partial charge in [0.25, 0.3) is 0 Å². The molecule has 2 aromatic carbocycles. The van der Waals surface area contributed by atoms with Crippen molar-refractivity contribution in [2.45, 2.75) is 18.9 Å². The van der Waals surface area contributed by atoms with Gasteiger partial charge in [0, 0.05) is 10.9 Å². The van der Waals surface area contributed by atoms with Crippen molar-refractivity contribution < 1.29 is 9.84 Å². The van der Waals surface area contributed by atoms with E-state index in [1.54, 1.807) is 7.11 Å². The average Bonchev–Trinajstić information content (AvgIpc) is 2.41.